The summed E-state index contributed by atoms with van der Waals surface area (Å²) in [7, 11) is 0. The van der Waals surface area contributed by atoms with Gasteiger partial charge in [0.05, 0.1) is 18.1 Å². The predicted octanol–water partition coefficient (Wildman–Crippen LogP) is 5.99. The maximum absolute atomic E-state index is 13.4. The lowest BCUT2D eigenvalue weighted by molar-refractivity contribution is -0.114. The molecule has 4 aromatic rings. The molecule has 0 atom stereocenters. The zero-order chi connectivity index (χ0) is 28.3. The minimum atomic E-state index is -0.505. The molecule has 0 radical (unpaired) electrons. The summed E-state index contributed by atoms with van der Waals surface area (Å²) in [6.07, 6.45) is 1.59. The highest BCUT2D eigenvalue weighted by Crippen LogP contribution is 2.24. The van der Waals surface area contributed by atoms with Crippen LogP contribution in [0.3, 0.4) is 0 Å². The lowest BCUT2D eigenvalue weighted by Crippen LogP contribution is -2.30. The molecule has 40 heavy (non-hydrogen) atoms. The number of thiazole rings is 1. The molecule has 3 N–H and O–H groups in total. The summed E-state index contributed by atoms with van der Waals surface area (Å²) < 4.78 is 5.70. The number of amides is 3. The molecule has 0 aliphatic heterocycles. The minimum Gasteiger partial charge on any atom is -0.493 e. The number of carbonyl (C=O) groups excluding carboxylic acids is 3. The summed E-state index contributed by atoms with van der Waals surface area (Å²) in [6, 6.07) is 23.1. The second kappa shape index (κ2) is 14.1. The molecule has 0 bridgehead atoms. The van der Waals surface area contributed by atoms with Gasteiger partial charge in [-0.25, -0.2) is 4.98 Å². The highest BCUT2D eigenvalue weighted by atomic mass is 32.2. The Labute approximate surface area is 240 Å². The van der Waals surface area contributed by atoms with E-state index in [1.165, 1.54) is 23.1 Å². The monoisotopic (exact) mass is 572 g/mol. The van der Waals surface area contributed by atoms with Crippen LogP contribution in [0.4, 0.5) is 10.8 Å². The number of aromatic nitrogens is 1. The Morgan fingerprint density at radius 2 is 1.75 bits per heavy atom. The van der Waals surface area contributed by atoms with Crippen LogP contribution in [0.15, 0.2) is 94.8 Å². The van der Waals surface area contributed by atoms with Gasteiger partial charge in [-0.2, -0.15) is 0 Å². The van der Waals surface area contributed by atoms with E-state index in [4.69, 9.17) is 4.74 Å². The van der Waals surface area contributed by atoms with Crippen molar-refractivity contribution in [2.24, 2.45) is 0 Å². The Hall–Kier alpha value is -4.41. The van der Waals surface area contributed by atoms with Gasteiger partial charge in [-0.3, -0.25) is 14.4 Å². The molecule has 204 valence electrons. The molecule has 1 heterocycles. The summed E-state index contributed by atoms with van der Waals surface area (Å²) in [6.45, 7) is 4.20. The predicted molar refractivity (Wildman–Crippen MR) is 161 cm³/mol. The van der Waals surface area contributed by atoms with Gasteiger partial charge in [0.25, 0.3) is 11.8 Å². The Morgan fingerprint density at radius 1 is 0.975 bits per heavy atom. The normalized spacial score (nSPS) is 11.0. The summed E-state index contributed by atoms with van der Waals surface area (Å²) in [5.74, 6) is -0.316. The number of benzene rings is 3. The highest BCUT2D eigenvalue weighted by Gasteiger charge is 2.16. The summed E-state index contributed by atoms with van der Waals surface area (Å²) in [4.78, 5) is 43.7. The van der Waals surface area contributed by atoms with E-state index in [-0.39, 0.29) is 17.4 Å². The molecule has 3 amide bonds. The average molecular weight is 573 g/mol. The van der Waals surface area contributed by atoms with E-state index in [9.17, 15) is 14.4 Å². The van der Waals surface area contributed by atoms with Crippen molar-refractivity contribution in [3.8, 4) is 5.75 Å². The fourth-order valence-electron chi connectivity index (χ4n) is 3.56. The number of aryl methyl sites for hydroxylation is 1. The van der Waals surface area contributed by atoms with Gasteiger partial charge in [-0.15, -0.1) is 23.1 Å². The molecule has 1 aromatic heterocycles. The van der Waals surface area contributed by atoms with Crippen LogP contribution < -0.4 is 20.7 Å². The van der Waals surface area contributed by atoms with E-state index < -0.39 is 11.8 Å². The largest absolute Gasteiger partial charge is 0.493 e. The summed E-state index contributed by atoms with van der Waals surface area (Å²) >= 11 is 2.71. The first kappa shape index (κ1) is 28.6. The Balaban J connectivity index is 1.49. The van der Waals surface area contributed by atoms with E-state index in [0.29, 0.717) is 34.3 Å². The smallest absolute Gasteiger partial charge is 0.272 e. The zero-order valence-corrected chi connectivity index (χ0v) is 23.6. The average Bonchev–Trinajstić information content (AvgIpc) is 3.37. The van der Waals surface area contributed by atoms with Gasteiger partial charge in [0.1, 0.15) is 11.4 Å². The van der Waals surface area contributed by atoms with Crippen LogP contribution in [-0.4, -0.2) is 35.1 Å². The Morgan fingerprint density at radius 3 is 2.50 bits per heavy atom. The second-order valence-electron chi connectivity index (χ2n) is 8.46. The number of carbonyl (C=O) groups is 3. The van der Waals surface area contributed by atoms with Crippen LogP contribution in [-0.2, 0) is 9.59 Å². The number of thioether (sulfide) groups is 1. The SMILES string of the molecule is CCOc1ccccc1/C=C(/NC(=O)c1ccccc1)C(=O)Nc1cccc(SCC(=O)Nc2nc(C)cs2)c1. The molecule has 3 aromatic carbocycles. The Kier molecular flexibility index (Phi) is 10.1. The molecule has 0 saturated carbocycles. The number of hydrogen-bond acceptors (Lipinski definition) is 7. The molecule has 0 aliphatic carbocycles. The van der Waals surface area contributed by atoms with Gasteiger partial charge in [0.2, 0.25) is 5.91 Å². The lowest BCUT2D eigenvalue weighted by atomic mass is 10.1. The van der Waals surface area contributed by atoms with E-state index in [2.05, 4.69) is 20.9 Å². The first-order chi connectivity index (χ1) is 19.4. The molecule has 0 spiro atoms. The third-order valence-corrected chi connectivity index (χ3v) is 7.24. The number of hydrogen-bond donors (Lipinski definition) is 3. The van der Waals surface area contributed by atoms with E-state index in [1.807, 2.05) is 49.6 Å². The van der Waals surface area contributed by atoms with Crippen molar-refractivity contribution in [1.29, 1.82) is 0 Å². The van der Waals surface area contributed by atoms with Gasteiger partial charge in [-0.1, -0.05) is 42.5 Å². The molecule has 0 fully saturated rings. The van der Waals surface area contributed by atoms with Crippen LogP contribution in [0.25, 0.3) is 6.08 Å². The fraction of sp³-hybridized carbons (Fsp3) is 0.133. The molecular formula is C30H28N4O4S2. The summed E-state index contributed by atoms with van der Waals surface area (Å²) in [5.41, 5.74) is 2.49. The van der Waals surface area contributed by atoms with Crippen molar-refractivity contribution in [1.82, 2.24) is 10.3 Å². The fourth-order valence-corrected chi connectivity index (χ4v) is 5.02. The molecule has 0 aliphatic rings. The van der Waals surface area contributed by atoms with Crippen LogP contribution in [0.1, 0.15) is 28.5 Å². The molecule has 0 unspecified atom stereocenters. The van der Waals surface area contributed by atoms with Crippen molar-refractivity contribution in [3.63, 3.8) is 0 Å². The van der Waals surface area contributed by atoms with Gasteiger partial charge in [0.15, 0.2) is 5.13 Å². The number of rotatable bonds is 11. The molecule has 10 heteroatoms. The Bertz CT molecular complexity index is 1520. The minimum absolute atomic E-state index is 0.0529. The number of anilines is 2. The maximum atomic E-state index is 13.4. The first-order valence-corrected chi connectivity index (χ1v) is 14.3. The van der Waals surface area contributed by atoms with Crippen LogP contribution >= 0.6 is 23.1 Å². The standard InChI is InChI=1S/C30H28N4O4S2/c1-3-38-26-15-8-7-12-22(26)16-25(33-28(36)21-10-5-4-6-11-21)29(37)32-23-13-9-14-24(17-23)39-19-27(35)34-30-31-20(2)18-40-30/h4-18H,3,19H2,1-2H3,(H,32,37)(H,33,36)(H,31,34,35)/b25-16+. The third-order valence-electron chi connectivity index (χ3n) is 5.37. The first-order valence-electron chi connectivity index (χ1n) is 12.5. The highest BCUT2D eigenvalue weighted by molar-refractivity contribution is 8.00. The van der Waals surface area contributed by atoms with Crippen LogP contribution in [0.2, 0.25) is 0 Å². The van der Waals surface area contributed by atoms with Gasteiger partial charge >= 0.3 is 0 Å². The number of nitrogens with zero attached hydrogens (tertiary/aromatic N) is 1. The van der Waals surface area contributed by atoms with Gasteiger partial charge < -0.3 is 20.7 Å². The van der Waals surface area contributed by atoms with Crippen LogP contribution in [0, 0.1) is 6.92 Å². The third kappa shape index (κ3) is 8.29. The molecule has 8 nitrogen and oxygen atoms in total. The number of nitrogens with one attached hydrogen (secondary N) is 3. The van der Waals surface area contributed by atoms with E-state index >= 15 is 0 Å². The number of ether oxygens (including phenoxy) is 1. The van der Waals surface area contributed by atoms with Crippen LogP contribution in [0.5, 0.6) is 5.75 Å². The second-order valence-corrected chi connectivity index (χ2v) is 10.4. The zero-order valence-electron chi connectivity index (χ0n) is 22.0. The van der Waals surface area contributed by atoms with Crippen molar-refractivity contribution >= 4 is 57.7 Å². The number of para-hydroxylation sites is 1. The molecule has 0 saturated heterocycles. The maximum Gasteiger partial charge on any atom is 0.272 e. The van der Waals surface area contributed by atoms with Gasteiger partial charge in [-0.05, 0) is 56.3 Å². The van der Waals surface area contributed by atoms with Crippen molar-refractivity contribution in [3.05, 3.63) is 107 Å². The van der Waals surface area contributed by atoms with Gasteiger partial charge in [0, 0.05) is 27.1 Å². The van der Waals surface area contributed by atoms with E-state index in [0.717, 1.165) is 10.6 Å². The van der Waals surface area contributed by atoms with Crippen molar-refractivity contribution < 1.29 is 19.1 Å². The van der Waals surface area contributed by atoms with E-state index in [1.54, 1.807) is 54.6 Å². The lowest BCUT2D eigenvalue weighted by Gasteiger charge is -2.13. The molecular weight excluding hydrogens is 544 g/mol. The summed E-state index contributed by atoms with van der Waals surface area (Å²) in [5, 5.41) is 10.8. The molecule has 4 rings (SSSR count). The van der Waals surface area contributed by atoms with Crippen molar-refractivity contribution in [2.45, 2.75) is 18.7 Å². The van der Waals surface area contributed by atoms with Crippen molar-refractivity contribution in [2.75, 3.05) is 23.0 Å². The topological polar surface area (TPSA) is 109 Å². The quantitative estimate of drug-likeness (QED) is 0.150.